The summed E-state index contributed by atoms with van der Waals surface area (Å²) in [6.45, 7) is 4.99. The topological polar surface area (TPSA) is 62.2 Å². The van der Waals surface area contributed by atoms with Gasteiger partial charge in [-0.15, -0.1) is 0 Å². The van der Waals surface area contributed by atoms with Gasteiger partial charge >= 0.3 is 0 Å². The van der Waals surface area contributed by atoms with Crippen molar-refractivity contribution in [2.75, 3.05) is 0 Å². The predicted octanol–water partition coefficient (Wildman–Crippen LogP) is 1.11. The van der Waals surface area contributed by atoms with Gasteiger partial charge in [-0.2, -0.15) is 4.39 Å². The molecule has 0 spiro atoms. The van der Waals surface area contributed by atoms with Crippen LogP contribution in [-0.4, -0.2) is 27.6 Å². The molecule has 1 rings (SSSR count). The molecule has 1 atom stereocenters. The molecule has 0 aliphatic heterocycles. The number of halogens is 1. The summed E-state index contributed by atoms with van der Waals surface area (Å²) in [7, 11) is 0. The number of nitrogens with zero attached hydrogens (tertiary/aromatic N) is 1. The average molecular weight is 226 g/mol. The second-order valence-corrected chi connectivity index (χ2v) is 4.22. The second-order valence-electron chi connectivity index (χ2n) is 4.22. The number of aliphatic hydroxyl groups is 1. The monoisotopic (exact) mass is 226 g/mol. The van der Waals surface area contributed by atoms with E-state index in [0.29, 0.717) is 0 Å². The Morgan fingerprint density at radius 2 is 2.19 bits per heavy atom. The molecule has 1 aromatic rings. The van der Waals surface area contributed by atoms with Crippen LogP contribution in [0, 0.1) is 5.95 Å². The second kappa shape index (κ2) is 4.57. The molecule has 4 nitrogen and oxygen atoms in total. The number of rotatable bonds is 3. The van der Waals surface area contributed by atoms with Crippen LogP contribution in [0.2, 0.25) is 0 Å². The smallest absolute Gasteiger partial charge is 0.253 e. The first kappa shape index (κ1) is 12.6. The van der Waals surface area contributed by atoms with E-state index in [1.54, 1.807) is 20.8 Å². The molecule has 0 aliphatic rings. The van der Waals surface area contributed by atoms with E-state index in [4.69, 9.17) is 0 Å². The highest BCUT2D eigenvalue weighted by molar-refractivity contribution is 5.94. The quantitative estimate of drug-likeness (QED) is 0.759. The minimum atomic E-state index is -0.745. The van der Waals surface area contributed by atoms with E-state index >= 15 is 0 Å². The number of aromatic nitrogens is 1. The molecular weight excluding hydrogens is 211 g/mol. The Morgan fingerprint density at radius 3 is 2.62 bits per heavy atom. The minimum Gasteiger partial charge on any atom is -0.391 e. The third kappa shape index (κ3) is 3.00. The zero-order chi connectivity index (χ0) is 12.3. The maximum atomic E-state index is 12.5. The number of pyridine rings is 1. The van der Waals surface area contributed by atoms with Crippen molar-refractivity contribution in [1.82, 2.24) is 10.3 Å². The molecule has 1 amide bonds. The first-order valence-electron chi connectivity index (χ1n) is 4.95. The summed E-state index contributed by atoms with van der Waals surface area (Å²) in [6, 6.07) is 2.46. The Hall–Kier alpha value is -1.49. The molecule has 0 aliphatic carbocycles. The fourth-order valence-corrected chi connectivity index (χ4v) is 0.979. The van der Waals surface area contributed by atoms with Crippen LogP contribution in [0.25, 0.3) is 0 Å². The van der Waals surface area contributed by atoms with Crippen molar-refractivity contribution in [2.24, 2.45) is 0 Å². The van der Waals surface area contributed by atoms with Gasteiger partial charge in [-0.25, -0.2) is 4.98 Å². The summed E-state index contributed by atoms with van der Waals surface area (Å²) in [5.74, 6) is -1.02. The van der Waals surface area contributed by atoms with Gasteiger partial charge in [-0.3, -0.25) is 4.79 Å². The van der Waals surface area contributed by atoms with Crippen LogP contribution in [0.5, 0.6) is 0 Å². The number of carbonyl (C=O) groups excluding carboxylic acids is 1. The zero-order valence-corrected chi connectivity index (χ0v) is 9.49. The summed E-state index contributed by atoms with van der Waals surface area (Å²) in [5, 5.41) is 12.1. The zero-order valence-electron chi connectivity index (χ0n) is 9.49. The van der Waals surface area contributed by atoms with Crippen LogP contribution in [0.4, 0.5) is 4.39 Å². The van der Waals surface area contributed by atoms with Crippen molar-refractivity contribution in [1.29, 1.82) is 0 Å². The molecule has 1 unspecified atom stereocenters. The maximum Gasteiger partial charge on any atom is 0.253 e. The van der Waals surface area contributed by atoms with Crippen molar-refractivity contribution in [3.05, 3.63) is 29.8 Å². The van der Waals surface area contributed by atoms with E-state index < -0.39 is 23.5 Å². The Bertz CT molecular complexity index is 374. The number of amides is 1. The summed E-state index contributed by atoms with van der Waals surface area (Å²) in [6.07, 6.45) is 0.466. The lowest BCUT2D eigenvalue weighted by Gasteiger charge is -2.29. The number of hydrogen-bond donors (Lipinski definition) is 2. The fraction of sp³-hybridized carbons (Fsp3) is 0.455. The molecule has 0 saturated heterocycles. The van der Waals surface area contributed by atoms with E-state index in [1.165, 1.54) is 6.07 Å². The SMILES string of the molecule is CC(O)C(C)(C)NC(=O)c1ccc(F)nc1. The van der Waals surface area contributed by atoms with E-state index in [1.807, 2.05) is 0 Å². The van der Waals surface area contributed by atoms with E-state index in [9.17, 15) is 14.3 Å². The molecular formula is C11H15FN2O2. The fourth-order valence-electron chi connectivity index (χ4n) is 0.979. The highest BCUT2D eigenvalue weighted by atomic mass is 19.1. The van der Waals surface area contributed by atoms with Gasteiger partial charge in [-0.1, -0.05) is 0 Å². The van der Waals surface area contributed by atoms with Crippen LogP contribution in [0.3, 0.4) is 0 Å². The van der Waals surface area contributed by atoms with Gasteiger partial charge in [0.05, 0.1) is 17.2 Å². The van der Waals surface area contributed by atoms with E-state index in [-0.39, 0.29) is 5.56 Å². The van der Waals surface area contributed by atoms with Crippen molar-refractivity contribution >= 4 is 5.91 Å². The van der Waals surface area contributed by atoms with Crippen molar-refractivity contribution < 1.29 is 14.3 Å². The molecule has 5 heteroatoms. The third-order valence-corrected chi connectivity index (χ3v) is 2.47. The van der Waals surface area contributed by atoms with Gasteiger partial charge in [0.2, 0.25) is 5.95 Å². The minimum absolute atomic E-state index is 0.259. The maximum absolute atomic E-state index is 12.5. The predicted molar refractivity (Wildman–Crippen MR) is 57.4 cm³/mol. The van der Waals surface area contributed by atoms with Gasteiger partial charge < -0.3 is 10.4 Å². The van der Waals surface area contributed by atoms with Gasteiger partial charge in [0.1, 0.15) is 0 Å². The van der Waals surface area contributed by atoms with Crippen LogP contribution < -0.4 is 5.32 Å². The molecule has 0 aromatic carbocycles. The Balaban J connectivity index is 2.77. The van der Waals surface area contributed by atoms with Crippen molar-refractivity contribution in [2.45, 2.75) is 32.4 Å². The first-order chi connectivity index (χ1) is 7.33. The van der Waals surface area contributed by atoms with Crippen LogP contribution in [0.15, 0.2) is 18.3 Å². The summed E-state index contributed by atoms with van der Waals surface area (Å²) in [4.78, 5) is 15.1. The summed E-state index contributed by atoms with van der Waals surface area (Å²) in [5.41, 5.74) is -0.485. The number of hydrogen-bond acceptors (Lipinski definition) is 3. The van der Waals surface area contributed by atoms with Gasteiger partial charge in [-0.05, 0) is 32.9 Å². The molecule has 1 heterocycles. The molecule has 2 N–H and O–H groups in total. The molecule has 0 bridgehead atoms. The van der Waals surface area contributed by atoms with E-state index in [0.717, 1.165) is 12.3 Å². The molecule has 1 aromatic heterocycles. The lowest BCUT2D eigenvalue weighted by atomic mass is 9.98. The Kier molecular flexibility index (Phi) is 3.59. The molecule has 0 fully saturated rings. The van der Waals surface area contributed by atoms with Gasteiger partial charge in [0, 0.05) is 6.20 Å². The molecule has 0 saturated carbocycles. The number of nitrogens with one attached hydrogen (secondary N) is 1. The molecule has 16 heavy (non-hydrogen) atoms. The Labute approximate surface area is 93.5 Å². The molecule has 0 radical (unpaired) electrons. The summed E-state index contributed by atoms with van der Waals surface area (Å²) < 4.78 is 12.5. The lowest BCUT2D eigenvalue weighted by molar-refractivity contribution is 0.0709. The number of aliphatic hydroxyl groups excluding tert-OH is 1. The van der Waals surface area contributed by atoms with E-state index in [2.05, 4.69) is 10.3 Å². The highest BCUT2D eigenvalue weighted by Crippen LogP contribution is 2.10. The van der Waals surface area contributed by atoms with Gasteiger partial charge in [0.25, 0.3) is 5.91 Å². The largest absolute Gasteiger partial charge is 0.391 e. The highest BCUT2D eigenvalue weighted by Gasteiger charge is 2.26. The van der Waals surface area contributed by atoms with Crippen molar-refractivity contribution in [3.8, 4) is 0 Å². The summed E-state index contributed by atoms with van der Waals surface area (Å²) >= 11 is 0. The third-order valence-electron chi connectivity index (χ3n) is 2.47. The van der Waals surface area contributed by atoms with Gasteiger partial charge in [0.15, 0.2) is 0 Å². The van der Waals surface area contributed by atoms with Crippen LogP contribution in [-0.2, 0) is 0 Å². The van der Waals surface area contributed by atoms with Crippen LogP contribution >= 0.6 is 0 Å². The van der Waals surface area contributed by atoms with Crippen LogP contribution in [0.1, 0.15) is 31.1 Å². The van der Waals surface area contributed by atoms with Crippen molar-refractivity contribution in [3.63, 3.8) is 0 Å². The lowest BCUT2D eigenvalue weighted by Crippen LogP contribution is -2.51. The average Bonchev–Trinajstić information content (AvgIpc) is 2.17. The first-order valence-corrected chi connectivity index (χ1v) is 4.95. The molecule has 88 valence electrons. The Morgan fingerprint density at radius 1 is 1.56 bits per heavy atom. The normalized spacial score (nSPS) is 13.3. The standard InChI is InChI=1S/C11H15FN2O2/c1-7(15)11(2,3)14-10(16)8-4-5-9(12)13-6-8/h4-7,15H,1-3H3,(H,14,16). The number of carbonyl (C=O) groups is 1.